The highest BCUT2D eigenvalue weighted by molar-refractivity contribution is 8.04. The Labute approximate surface area is 116 Å². The molecule has 0 aliphatic heterocycles. The summed E-state index contributed by atoms with van der Waals surface area (Å²) in [6.07, 6.45) is 9.14. The van der Waals surface area contributed by atoms with Gasteiger partial charge in [0.2, 0.25) is 0 Å². The fraction of sp³-hybridized carbons (Fsp3) is 0.571. The van der Waals surface area contributed by atoms with Gasteiger partial charge in [0, 0.05) is 11.5 Å². The SMILES string of the molecule is CSC1=C(C)C(=O)[C@@H]2[C@@H]3C=C[C@@H](C3)[C@]2(SC)C1=O. The van der Waals surface area contributed by atoms with Crippen molar-refractivity contribution in [3.63, 3.8) is 0 Å². The zero-order valence-electron chi connectivity index (χ0n) is 10.7. The van der Waals surface area contributed by atoms with E-state index in [2.05, 4.69) is 12.2 Å². The number of rotatable bonds is 2. The molecule has 0 saturated heterocycles. The fourth-order valence-electron chi connectivity index (χ4n) is 3.85. The lowest BCUT2D eigenvalue weighted by Gasteiger charge is -2.42. The Morgan fingerprint density at radius 2 is 2.00 bits per heavy atom. The highest BCUT2D eigenvalue weighted by atomic mass is 32.2. The van der Waals surface area contributed by atoms with E-state index in [4.69, 9.17) is 0 Å². The van der Waals surface area contributed by atoms with Crippen LogP contribution >= 0.6 is 23.5 Å². The lowest BCUT2D eigenvalue weighted by Crippen LogP contribution is -2.53. The molecule has 1 fully saturated rings. The first-order valence-corrected chi connectivity index (χ1v) is 8.60. The molecular weight excluding hydrogens is 264 g/mol. The van der Waals surface area contributed by atoms with Crippen LogP contribution in [0.5, 0.6) is 0 Å². The van der Waals surface area contributed by atoms with Gasteiger partial charge in [-0.2, -0.15) is 0 Å². The van der Waals surface area contributed by atoms with Crippen molar-refractivity contribution in [2.75, 3.05) is 12.5 Å². The van der Waals surface area contributed by atoms with Crippen LogP contribution in [0.1, 0.15) is 13.3 Å². The molecule has 96 valence electrons. The predicted molar refractivity (Wildman–Crippen MR) is 76.7 cm³/mol. The standard InChI is InChI=1S/C14H16O2S2/c1-7-11(15)10-8-4-5-9(6-8)14(10,18-3)13(16)12(7)17-2/h4-5,8-10H,6H2,1-3H3/t8-,9+,10+,14-/m1/s1. The van der Waals surface area contributed by atoms with Crippen LogP contribution in [-0.2, 0) is 9.59 Å². The van der Waals surface area contributed by atoms with E-state index in [1.807, 2.05) is 19.4 Å². The van der Waals surface area contributed by atoms with Crippen LogP contribution in [0, 0.1) is 17.8 Å². The third-order valence-corrected chi connectivity index (χ3v) is 6.97. The lowest BCUT2D eigenvalue weighted by molar-refractivity contribution is -0.128. The Kier molecular flexibility index (Phi) is 2.79. The first kappa shape index (κ1) is 12.5. The summed E-state index contributed by atoms with van der Waals surface area (Å²) < 4.78 is -0.506. The Morgan fingerprint density at radius 1 is 1.28 bits per heavy atom. The van der Waals surface area contributed by atoms with Crippen LogP contribution in [0.4, 0.5) is 0 Å². The number of thioether (sulfide) groups is 2. The number of fused-ring (bicyclic) bond motifs is 5. The molecule has 3 aliphatic carbocycles. The van der Waals surface area contributed by atoms with Crippen molar-refractivity contribution in [3.05, 3.63) is 22.6 Å². The van der Waals surface area contributed by atoms with Gasteiger partial charge < -0.3 is 0 Å². The van der Waals surface area contributed by atoms with Crippen LogP contribution in [0.15, 0.2) is 22.6 Å². The summed E-state index contributed by atoms with van der Waals surface area (Å²) in [6, 6.07) is 0. The van der Waals surface area contributed by atoms with Crippen LogP contribution in [0.25, 0.3) is 0 Å². The molecule has 4 atom stereocenters. The van der Waals surface area contributed by atoms with Gasteiger partial charge in [0.25, 0.3) is 0 Å². The molecule has 0 aromatic carbocycles. The van der Waals surface area contributed by atoms with Crippen LogP contribution in [0.2, 0.25) is 0 Å². The summed E-state index contributed by atoms with van der Waals surface area (Å²) in [7, 11) is 0. The maximum atomic E-state index is 12.9. The lowest BCUT2D eigenvalue weighted by atomic mass is 9.71. The Bertz CT molecular complexity index is 506. The molecule has 0 radical (unpaired) electrons. The smallest absolute Gasteiger partial charge is 0.186 e. The monoisotopic (exact) mass is 280 g/mol. The van der Waals surface area contributed by atoms with Gasteiger partial charge in [0.1, 0.15) is 0 Å². The molecular formula is C14H16O2S2. The van der Waals surface area contributed by atoms with E-state index in [0.29, 0.717) is 10.5 Å². The molecule has 3 rings (SSSR count). The first-order chi connectivity index (χ1) is 8.57. The van der Waals surface area contributed by atoms with Gasteiger partial charge in [-0.1, -0.05) is 12.2 Å². The Balaban J connectivity index is 2.21. The molecule has 0 aromatic rings. The van der Waals surface area contributed by atoms with Gasteiger partial charge in [-0.05, 0) is 31.8 Å². The molecule has 2 bridgehead atoms. The van der Waals surface area contributed by atoms with E-state index >= 15 is 0 Å². The maximum absolute atomic E-state index is 12.9. The van der Waals surface area contributed by atoms with Crippen molar-refractivity contribution < 1.29 is 9.59 Å². The van der Waals surface area contributed by atoms with Gasteiger partial charge in [-0.25, -0.2) is 0 Å². The Morgan fingerprint density at radius 3 is 2.61 bits per heavy atom. The molecule has 0 heterocycles. The fourth-order valence-corrected chi connectivity index (χ4v) is 5.98. The second-order valence-corrected chi connectivity index (χ2v) is 7.12. The van der Waals surface area contributed by atoms with Crippen molar-refractivity contribution >= 4 is 35.1 Å². The summed E-state index contributed by atoms with van der Waals surface area (Å²) >= 11 is 3.02. The van der Waals surface area contributed by atoms with Gasteiger partial charge in [-0.3, -0.25) is 9.59 Å². The van der Waals surface area contributed by atoms with Gasteiger partial charge in [-0.15, -0.1) is 23.5 Å². The number of ketones is 2. The summed E-state index contributed by atoms with van der Waals surface area (Å²) in [5.41, 5.74) is 0.683. The average Bonchev–Trinajstić information content (AvgIpc) is 2.96. The van der Waals surface area contributed by atoms with Gasteiger partial charge in [0.05, 0.1) is 15.6 Å². The van der Waals surface area contributed by atoms with Crippen molar-refractivity contribution in [2.24, 2.45) is 17.8 Å². The molecule has 2 nitrogen and oxygen atoms in total. The second kappa shape index (κ2) is 4.01. The van der Waals surface area contributed by atoms with E-state index in [1.54, 1.807) is 11.8 Å². The maximum Gasteiger partial charge on any atom is 0.186 e. The molecule has 18 heavy (non-hydrogen) atoms. The van der Waals surface area contributed by atoms with Crippen LogP contribution < -0.4 is 0 Å². The minimum Gasteiger partial charge on any atom is -0.294 e. The minimum absolute atomic E-state index is 0.120. The molecule has 0 N–H and O–H groups in total. The van der Waals surface area contributed by atoms with Crippen LogP contribution in [-0.4, -0.2) is 28.8 Å². The van der Waals surface area contributed by atoms with Gasteiger partial charge in [0.15, 0.2) is 11.6 Å². The first-order valence-electron chi connectivity index (χ1n) is 6.15. The number of hydrogen-bond donors (Lipinski definition) is 0. The summed E-state index contributed by atoms with van der Waals surface area (Å²) in [5.74, 6) is 0.795. The number of carbonyl (C=O) groups is 2. The Hall–Kier alpha value is -0.480. The third-order valence-electron chi connectivity index (χ3n) is 4.65. The number of Topliss-reactive ketones (excluding diaryl/α,β-unsaturated/α-hetero) is 2. The molecule has 4 heteroatoms. The second-order valence-electron chi connectivity index (χ2n) is 5.22. The molecule has 0 spiro atoms. The number of carbonyl (C=O) groups excluding carboxylic acids is 2. The third kappa shape index (κ3) is 1.23. The topological polar surface area (TPSA) is 34.1 Å². The number of hydrogen-bond acceptors (Lipinski definition) is 4. The van der Waals surface area contributed by atoms with E-state index in [-0.39, 0.29) is 29.3 Å². The molecule has 0 aromatic heterocycles. The molecule has 0 unspecified atom stereocenters. The molecule has 3 aliphatic rings. The quantitative estimate of drug-likeness (QED) is 0.728. The average molecular weight is 280 g/mol. The van der Waals surface area contributed by atoms with E-state index in [1.165, 1.54) is 11.8 Å². The van der Waals surface area contributed by atoms with Crippen molar-refractivity contribution in [1.82, 2.24) is 0 Å². The molecule has 0 amide bonds. The summed E-state index contributed by atoms with van der Waals surface area (Å²) in [5, 5.41) is 0. The van der Waals surface area contributed by atoms with Crippen molar-refractivity contribution in [3.8, 4) is 0 Å². The van der Waals surface area contributed by atoms with E-state index in [0.717, 1.165) is 6.42 Å². The summed E-state index contributed by atoms with van der Waals surface area (Å²) in [4.78, 5) is 26.1. The predicted octanol–water partition coefficient (Wildman–Crippen LogP) is 2.70. The van der Waals surface area contributed by atoms with Crippen LogP contribution in [0.3, 0.4) is 0 Å². The van der Waals surface area contributed by atoms with Gasteiger partial charge >= 0.3 is 0 Å². The van der Waals surface area contributed by atoms with Crippen molar-refractivity contribution in [2.45, 2.75) is 18.1 Å². The van der Waals surface area contributed by atoms with Crippen molar-refractivity contribution in [1.29, 1.82) is 0 Å². The highest BCUT2D eigenvalue weighted by Crippen LogP contribution is 2.61. The number of allylic oxidation sites excluding steroid dienone is 4. The largest absolute Gasteiger partial charge is 0.294 e. The van der Waals surface area contributed by atoms with E-state index in [9.17, 15) is 9.59 Å². The molecule has 1 saturated carbocycles. The zero-order chi connectivity index (χ0) is 13.1. The summed E-state index contributed by atoms with van der Waals surface area (Å²) in [6.45, 7) is 1.81. The highest BCUT2D eigenvalue weighted by Gasteiger charge is 2.65. The zero-order valence-corrected chi connectivity index (χ0v) is 12.4. The normalized spacial score (nSPS) is 41.8. The minimum atomic E-state index is -0.506. The van der Waals surface area contributed by atoms with E-state index < -0.39 is 4.75 Å².